The van der Waals surface area contributed by atoms with E-state index in [4.69, 9.17) is 20.4 Å². The maximum Gasteiger partial charge on any atom is 0.490 e. The third-order valence-electron chi connectivity index (χ3n) is 2.41. The molecule has 0 aromatic rings. The van der Waals surface area contributed by atoms with Gasteiger partial charge in [-0.3, -0.25) is 9.69 Å². The highest BCUT2D eigenvalue weighted by atomic mass is 19.4. The summed E-state index contributed by atoms with van der Waals surface area (Å²) in [6.07, 6.45) is -5.08. The van der Waals surface area contributed by atoms with Crippen molar-refractivity contribution < 1.29 is 32.6 Å². The predicted molar refractivity (Wildman–Crippen MR) is 59.4 cm³/mol. The number of primary amides is 1. The van der Waals surface area contributed by atoms with Gasteiger partial charge in [0, 0.05) is 12.1 Å². The molecule has 0 aromatic carbocycles. The summed E-state index contributed by atoms with van der Waals surface area (Å²) in [6.45, 7) is 6.58. The molecule has 1 heterocycles. The van der Waals surface area contributed by atoms with Crippen molar-refractivity contribution in [3.8, 4) is 0 Å². The number of rotatable bonds is 2. The maximum absolute atomic E-state index is 10.7. The lowest BCUT2D eigenvalue weighted by atomic mass is 10.0. The summed E-state index contributed by atoms with van der Waals surface area (Å²) >= 11 is 0. The van der Waals surface area contributed by atoms with Gasteiger partial charge in [0.1, 0.15) is 0 Å². The van der Waals surface area contributed by atoms with Gasteiger partial charge in [-0.1, -0.05) is 0 Å². The summed E-state index contributed by atoms with van der Waals surface area (Å²) in [5.41, 5.74) is 5.06. The lowest BCUT2D eigenvalue weighted by molar-refractivity contribution is -0.192. The fourth-order valence-electron chi connectivity index (χ4n) is 1.37. The van der Waals surface area contributed by atoms with Crippen LogP contribution in [-0.4, -0.2) is 59.9 Å². The molecule has 1 fully saturated rings. The first-order valence-corrected chi connectivity index (χ1v) is 5.38. The zero-order chi connectivity index (χ0) is 15.3. The van der Waals surface area contributed by atoms with Crippen LogP contribution >= 0.6 is 0 Å². The first kappa shape index (κ1) is 17.6. The van der Waals surface area contributed by atoms with Gasteiger partial charge in [-0.15, -0.1) is 0 Å². The molecule has 3 N–H and O–H groups in total. The summed E-state index contributed by atoms with van der Waals surface area (Å²) in [5.74, 6) is -3.03. The maximum atomic E-state index is 10.7. The second-order valence-electron chi connectivity index (χ2n) is 4.56. The quantitative estimate of drug-likeness (QED) is 0.757. The third kappa shape index (κ3) is 6.97. The summed E-state index contributed by atoms with van der Waals surface area (Å²) < 4.78 is 37.0. The minimum absolute atomic E-state index is 0.0622. The van der Waals surface area contributed by atoms with Gasteiger partial charge in [0.25, 0.3) is 0 Å². The fraction of sp³-hybridized carbons (Fsp3) is 0.800. The Labute approximate surface area is 108 Å². The van der Waals surface area contributed by atoms with Crippen LogP contribution in [0.1, 0.15) is 13.8 Å². The molecular formula is C10H17F3N2O4. The van der Waals surface area contributed by atoms with Crippen LogP contribution in [0.2, 0.25) is 0 Å². The number of ether oxygens (including phenoxy) is 1. The molecule has 0 atom stereocenters. The van der Waals surface area contributed by atoms with E-state index in [9.17, 15) is 18.0 Å². The molecule has 0 saturated carbocycles. The number of carboxylic acid groups (broad SMARTS) is 1. The number of carboxylic acids is 1. The van der Waals surface area contributed by atoms with Gasteiger partial charge in [0.05, 0.1) is 19.8 Å². The van der Waals surface area contributed by atoms with Crippen molar-refractivity contribution in [3.05, 3.63) is 0 Å². The molecule has 1 aliphatic rings. The van der Waals surface area contributed by atoms with Crippen LogP contribution in [0.4, 0.5) is 13.2 Å². The van der Waals surface area contributed by atoms with Crippen LogP contribution in [0.25, 0.3) is 0 Å². The van der Waals surface area contributed by atoms with Gasteiger partial charge in [-0.05, 0) is 13.8 Å². The molecule has 1 amide bonds. The molecule has 0 aromatic heterocycles. The minimum atomic E-state index is -5.08. The van der Waals surface area contributed by atoms with Crippen molar-refractivity contribution in [2.75, 3.05) is 26.3 Å². The molecule has 112 valence electrons. The molecule has 0 radical (unpaired) electrons. The average Bonchev–Trinajstić information content (AvgIpc) is 2.20. The molecule has 6 nitrogen and oxygen atoms in total. The summed E-state index contributed by atoms with van der Waals surface area (Å²) in [4.78, 5) is 21.6. The fourth-order valence-corrected chi connectivity index (χ4v) is 1.37. The smallest absolute Gasteiger partial charge is 0.475 e. The number of halogens is 3. The van der Waals surface area contributed by atoms with Crippen LogP contribution in [0, 0.1) is 0 Å². The number of morpholine rings is 1. The number of nitrogens with zero attached hydrogens (tertiary/aromatic N) is 1. The van der Waals surface area contributed by atoms with Crippen LogP contribution in [-0.2, 0) is 14.3 Å². The van der Waals surface area contributed by atoms with Crippen LogP contribution in [0.3, 0.4) is 0 Å². The van der Waals surface area contributed by atoms with E-state index in [0.29, 0.717) is 19.8 Å². The Kier molecular flexibility index (Phi) is 6.23. The Morgan fingerprint density at radius 3 is 2.21 bits per heavy atom. The molecule has 0 aliphatic carbocycles. The van der Waals surface area contributed by atoms with Gasteiger partial charge in [-0.2, -0.15) is 13.2 Å². The minimum Gasteiger partial charge on any atom is -0.475 e. The van der Waals surface area contributed by atoms with Crippen molar-refractivity contribution in [2.45, 2.75) is 25.6 Å². The Morgan fingerprint density at radius 1 is 1.42 bits per heavy atom. The predicted octanol–water partition coefficient (Wildman–Crippen LogP) is 0.216. The largest absolute Gasteiger partial charge is 0.490 e. The second-order valence-corrected chi connectivity index (χ2v) is 4.56. The molecule has 1 saturated heterocycles. The Balaban J connectivity index is 0.000000399. The zero-order valence-electron chi connectivity index (χ0n) is 10.7. The Morgan fingerprint density at radius 2 is 1.89 bits per heavy atom. The van der Waals surface area contributed by atoms with Crippen molar-refractivity contribution >= 4 is 11.9 Å². The highest BCUT2D eigenvalue weighted by molar-refractivity contribution is 5.76. The van der Waals surface area contributed by atoms with Crippen molar-refractivity contribution in [2.24, 2.45) is 5.73 Å². The number of carbonyl (C=O) groups is 2. The van der Waals surface area contributed by atoms with E-state index >= 15 is 0 Å². The number of aliphatic carboxylic acids is 1. The first-order chi connectivity index (χ1) is 8.47. The number of alkyl halides is 3. The van der Waals surface area contributed by atoms with E-state index < -0.39 is 12.1 Å². The Hall–Kier alpha value is -1.35. The summed E-state index contributed by atoms with van der Waals surface area (Å²) in [5, 5.41) is 7.12. The van der Waals surface area contributed by atoms with Crippen molar-refractivity contribution in [1.82, 2.24) is 4.90 Å². The number of amides is 1. The molecule has 9 heteroatoms. The van der Waals surface area contributed by atoms with E-state index in [0.717, 1.165) is 6.54 Å². The zero-order valence-corrected chi connectivity index (χ0v) is 10.7. The topological polar surface area (TPSA) is 92.9 Å². The van der Waals surface area contributed by atoms with Gasteiger partial charge >= 0.3 is 12.1 Å². The molecule has 0 bridgehead atoms. The van der Waals surface area contributed by atoms with Crippen LogP contribution in [0.5, 0.6) is 0 Å². The molecule has 19 heavy (non-hydrogen) atoms. The molecule has 0 unspecified atom stereocenters. The lowest BCUT2D eigenvalue weighted by Gasteiger charge is -2.41. The third-order valence-corrected chi connectivity index (χ3v) is 2.41. The monoisotopic (exact) mass is 286 g/mol. The number of carbonyl (C=O) groups excluding carboxylic acids is 1. The van der Waals surface area contributed by atoms with Crippen LogP contribution in [0.15, 0.2) is 0 Å². The van der Waals surface area contributed by atoms with Gasteiger partial charge in [0.2, 0.25) is 5.91 Å². The number of nitrogens with two attached hydrogens (primary N) is 1. The summed E-state index contributed by atoms with van der Waals surface area (Å²) in [7, 11) is 0. The van der Waals surface area contributed by atoms with E-state index in [-0.39, 0.29) is 11.4 Å². The lowest BCUT2D eigenvalue weighted by Crippen LogP contribution is -2.55. The van der Waals surface area contributed by atoms with Crippen molar-refractivity contribution in [1.29, 1.82) is 0 Å². The van der Waals surface area contributed by atoms with Crippen molar-refractivity contribution in [3.63, 3.8) is 0 Å². The first-order valence-electron chi connectivity index (χ1n) is 5.38. The number of hydrogen-bond acceptors (Lipinski definition) is 4. The molecule has 1 aliphatic heterocycles. The van der Waals surface area contributed by atoms with Gasteiger partial charge in [0.15, 0.2) is 0 Å². The standard InChI is InChI=1S/C8H16N2O2.C2HF3O2/c1-8(2)6-12-4-3-10(8)5-7(9)11;3-2(4,5)1(6)7/h3-6H2,1-2H3,(H2,9,11);(H,6,7). The highest BCUT2D eigenvalue weighted by Crippen LogP contribution is 2.17. The highest BCUT2D eigenvalue weighted by Gasteiger charge is 2.38. The van der Waals surface area contributed by atoms with E-state index in [1.807, 2.05) is 0 Å². The Bertz CT molecular complexity index is 331. The molecule has 0 spiro atoms. The molecular weight excluding hydrogens is 269 g/mol. The van der Waals surface area contributed by atoms with Gasteiger partial charge in [-0.25, -0.2) is 4.79 Å². The van der Waals surface area contributed by atoms with Gasteiger partial charge < -0.3 is 15.6 Å². The molecule has 1 rings (SSSR count). The van der Waals surface area contributed by atoms with E-state index in [1.165, 1.54) is 0 Å². The SMILES string of the molecule is CC1(C)COCCN1CC(N)=O.O=C(O)C(F)(F)F. The van der Waals surface area contributed by atoms with E-state index in [1.54, 1.807) is 0 Å². The number of hydrogen-bond donors (Lipinski definition) is 2. The normalized spacial score (nSPS) is 19.2. The summed E-state index contributed by atoms with van der Waals surface area (Å²) in [6, 6.07) is 0. The average molecular weight is 286 g/mol. The second kappa shape index (κ2) is 6.71. The van der Waals surface area contributed by atoms with Crippen LogP contribution < -0.4 is 5.73 Å². The van der Waals surface area contributed by atoms with E-state index in [2.05, 4.69) is 18.7 Å².